The maximum Gasteiger partial charge on any atom is 0.275 e. The van der Waals surface area contributed by atoms with Gasteiger partial charge in [-0.1, -0.05) is 0 Å². The van der Waals surface area contributed by atoms with Gasteiger partial charge in [-0.3, -0.25) is 9.78 Å². The van der Waals surface area contributed by atoms with Crippen molar-refractivity contribution < 1.29 is 15.0 Å². The topological polar surface area (TPSA) is 108 Å². The van der Waals surface area contributed by atoms with Gasteiger partial charge in [0.2, 0.25) is 0 Å². The molecular weight excluding hydrogens is 400 g/mol. The zero-order valence-electron chi connectivity index (χ0n) is 17.1. The molecule has 30 heavy (non-hydrogen) atoms. The van der Waals surface area contributed by atoms with Gasteiger partial charge >= 0.3 is 0 Å². The molecule has 1 fully saturated rings. The van der Waals surface area contributed by atoms with Gasteiger partial charge in [-0.15, -0.1) is 11.3 Å². The summed E-state index contributed by atoms with van der Waals surface area (Å²) in [5.41, 5.74) is 1.03. The fourth-order valence-corrected chi connectivity index (χ4v) is 5.13. The van der Waals surface area contributed by atoms with Crippen LogP contribution in [0.4, 0.5) is 5.69 Å². The van der Waals surface area contributed by atoms with E-state index in [0.29, 0.717) is 23.1 Å². The molecule has 0 aliphatic heterocycles. The van der Waals surface area contributed by atoms with Crippen molar-refractivity contribution in [1.82, 2.24) is 15.0 Å². The van der Waals surface area contributed by atoms with Crippen molar-refractivity contribution in [2.45, 2.75) is 51.0 Å². The molecule has 0 atom stereocenters. The van der Waals surface area contributed by atoms with E-state index in [1.54, 1.807) is 25.2 Å². The summed E-state index contributed by atoms with van der Waals surface area (Å²) in [6, 6.07) is 3.75. The Kier molecular flexibility index (Phi) is 5.81. The lowest BCUT2D eigenvalue weighted by molar-refractivity contribution is 0.0794. The fourth-order valence-electron chi connectivity index (χ4n) is 3.97. The summed E-state index contributed by atoms with van der Waals surface area (Å²) in [6.07, 6.45) is 8.47. The van der Waals surface area contributed by atoms with Crippen molar-refractivity contribution in [1.29, 1.82) is 0 Å². The van der Waals surface area contributed by atoms with E-state index in [2.05, 4.69) is 15.3 Å². The van der Waals surface area contributed by atoms with Crippen molar-refractivity contribution in [3.05, 3.63) is 47.0 Å². The fraction of sp³-hybridized carbons (Fsp3) is 0.455. The number of amides is 1. The number of hydrogen-bond donors (Lipinski definition) is 3. The maximum atomic E-state index is 12.6. The Morgan fingerprint density at radius 1 is 1.23 bits per heavy atom. The molecule has 7 nitrogen and oxygen atoms in total. The van der Waals surface area contributed by atoms with Crippen LogP contribution < -0.4 is 5.32 Å². The summed E-state index contributed by atoms with van der Waals surface area (Å²) < 4.78 is 0.990. The highest BCUT2D eigenvalue weighted by Crippen LogP contribution is 2.41. The van der Waals surface area contributed by atoms with Crippen LogP contribution in [0.3, 0.4) is 0 Å². The number of aliphatic hydroxyl groups is 2. The van der Waals surface area contributed by atoms with E-state index in [0.717, 1.165) is 40.9 Å². The van der Waals surface area contributed by atoms with E-state index in [1.165, 1.54) is 18.6 Å². The Labute approximate surface area is 179 Å². The number of nitrogens with one attached hydrogen (secondary N) is 1. The average Bonchev–Trinajstić information content (AvgIpc) is 3.16. The Bertz CT molecular complexity index is 1040. The Hall–Kier alpha value is -2.42. The summed E-state index contributed by atoms with van der Waals surface area (Å²) in [7, 11) is 0. The minimum absolute atomic E-state index is 0.207. The molecule has 158 valence electrons. The number of carbonyl (C=O) groups is 1. The molecule has 0 saturated heterocycles. The molecule has 1 aliphatic carbocycles. The molecule has 2 aromatic heterocycles. The molecule has 3 N–H and O–H groups in total. The minimum Gasteiger partial charge on any atom is -0.396 e. The van der Waals surface area contributed by atoms with Crippen molar-refractivity contribution >= 4 is 33.1 Å². The molecule has 8 heteroatoms. The van der Waals surface area contributed by atoms with Crippen molar-refractivity contribution in [3.63, 3.8) is 0 Å². The number of nitrogens with zero attached hydrogens (tertiary/aromatic N) is 3. The first-order chi connectivity index (χ1) is 14.3. The van der Waals surface area contributed by atoms with Crippen LogP contribution in [0.15, 0.2) is 30.7 Å². The summed E-state index contributed by atoms with van der Waals surface area (Å²) in [6.45, 7) is 3.66. The van der Waals surface area contributed by atoms with Gasteiger partial charge in [-0.05, 0) is 57.6 Å². The number of benzene rings is 1. The lowest BCUT2D eigenvalue weighted by atomic mass is 9.83. The number of thiazole rings is 1. The number of anilines is 1. The third kappa shape index (κ3) is 4.35. The SMILES string of the molecule is CC(C)(O)c1cc2sc([C@H]3CC[C@H](CO)CC3)nc2cc1NC(=O)c1cnccn1. The van der Waals surface area contributed by atoms with Crippen LogP contribution in [0, 0.1) is 5.92 Å². The summed E-state index contributed by atoms with van der Waals surface area (Å²) in [4.78, 5) is 25.4. The standard InChI is InChI=1S/C22H26N4O3S/c1-22(2,29)15-9-19-17(10-16(15)25-20(28)18-11-23-7-8-24-18)26-21(30-19)14-5-3-13(12-27)4-6-14/h7-11,13-14,27,29H,3-6,12H2,1-2H3,(H,25,28)/t13-,14-. The van der Waals surface area contributed by atoms with Gasteiger partial charge in [0.1, 0.15) is 5.69 Å². The first-order valence-electron chi connectivity index (χ1n) is 10.2. The van der Waals surface area contributed by atoms with Gasteiger partial charge in [0.15, 0.2) is 0 Å². The molecule has 0 radical (unpaired) electrons. The van der Waals surface area contributed by atoms with Gasteiger partial charge in [0.05, 0.1) is 27.0 Å². The van der Waals surface area contributed by atoms with Crippen LogP contribution in [-0.2, 0) is 5.60 Å². The van der Waals surface area contributed by atoms with Gasteiger partial charge in [-0.25, -0.2) is 9.97 Å². The highest BCUT2D eigenvalue weighted by molar-refractivity contribution is 7.18. The normalized spacial score (nSPS) is 19.7. The van der Waals surface area contributed by atoms with Gasteiger partial charge < -0.3 is 15.5 Å². The van der Waals surface area contributed by atoms with Gasteiger partial charge in [0.25, 0.3) is 5.91 Å². The molecule has 1 saturated carbocycles. The number of hydrogen-bond acceptors (Lipinski definition) is 7. The summed E-state index contributed by atoms with van der Waals surface area (Å²) >= 11 is 1.65. The largest absolute Gasteiger partial charge is 0.396 e. The lowest BCUT2D eigenvalue weighted by Crippen LogP contribution is -2.21. The third-order valence-electron chi connectivity index (χ3n) is 5.70. The molecule has 0 unspecified atom stereocenters. The van der Waals surface area contributed by atoms with Crippen molar-refractivity contribution in [2.75, 3.05) is 11.9 Å². The van der Waals surface area contributed by atoms with Crippen LogP contribution in [0.1, 0.15) is 66.5 Å². The van der Waals surface area contributed by atoms with E-state index in [1.807, 2.05) is 12.1 Å². The second kappa shape index (κ2) is 8.37. The molecule has 2 heterocycles. The quantitative estimate of drug-likeness (QED) is 0.572. The highest BCUT2D eigenvalue weighted by atomic mass is 32.1. The number of aromatic nitrogens is 3. The Morgan fingerprint density at radius 3 is 2.63 bits per heavy atom. The molecular formula is C22H26N4O3S. The van der Waals surface area contributed by atoms with Crippen LogP contribution in [-0.4, -0.2) is 37.7 Å². The van der Waals surface area contributed by atoms with Crippen molar-refractivity contribution in [3.8, 4) is 0 Å². The molecule has 3 aromatic rings. The Balaban J connectivity index is 1.66. The Morgan fingerprint density at radius 2 is 2.00 bits per heavy atom. The average molecular weight is 427 g/mol. The highest BCUT2D eigenvalue weighted by Gasteiger charge is 2.27. The first-order valence-corrected chi connectivity index (χ1v) is 11.0. The lowest BCUT2D eigenvalue weighted by Gasteiger charge is -2.25. The zero-order valence-corrected chi connectivity index (χ0v) is 17.9. The number of rotatable bonds is 5. The summed E-state index contributed by atoms with van der Waals surface area (Å²) in [5.74, 6) is 0.416. The zero-order chi connectivity index (χ0) is 21.3. The minimum atomic E-state index is -1.14. The number of carbonyl (C=O) groups excluding carboxylic acids is 1. The molecule has 0 spiro atoms. The van der Waals surface area contributed by atoms with Gasteiger partial charge in [-0.2, -0.15) is 0 Å². The number of aliphatic hydroxyl groups excluding tert-OH is 1. The molecule has 4 rings (SSSR count). The van der Waals surface area contributed by atoms with E-state index in [9.17, 15) is 15.0 Å². The van der Waals surface area contributed by atoms with E-state index >= 15 is 0 Å². The predicted molar refractivity (Wildman–Crippen MR) is 117 cm³/mol. The van der Waals surface area contributed by atoms with E-state index < -0.39 is 5.60 Å². The molecule has 0 bridgehead atoms. The van der Waals surface area contributed by atoms with Crippen LogP contribution >= 0.6 is 11.3 Å². The third-order valence-corrected chi connectivity index (χ3v) is 6.88. The monoisotopic (exact) mass is 426 g/mol. The van der Waals surface area contributed by atoms with Gasteiger partial charge in [0, 0.05) is 36.2 Å². The van der Waals surface area contributed by atoms with Crippen LogP contribution in [0.5, 0.6) is 0 Å². The van der Waals surface area contributed by atoms with E-state index in [4.69, 9.17) is 4.98 Å². The molecule has 1 amide bonds. The number of fused-ring (bicyclic) bond motifs is 1. The van der Waals surface area contributed by atoms with Crippen LogP contribution in [0.25, 0.3) is 10.2 Å². The first kappa shape index (κ1) is 20.8. The smallest absolute Gasteiger partial charge is 0.275 e. The molecule has 1 aliphatic rings. The second-order valence-corrected chi connectivity index (χ2v) is 9.48. The predicted octanol–water partition coefficient (Wildman–Crippen LogP) is 3.83. The summed E-state index contributed by atoms with van der Waals surface area (Å²) in [5, 5.41) is 24.0. The molecule has 1 aromatic carbocycles. The second-order valence-electron chi connectivity index (χ2n) is 8.42. The van der Waals surface area contributed by atoms with E-state index in [-0.39, 0.29) is 18.2 Å². The van der Waals surface area contributed by atoms with Crippen LogP contribution in [0.2, 0.25) is 0 Å². The van der Waals surface area contributed by atoms with Crippen molar-refractivity contribution in [2.24, 2.45) is 5.92 Å². The maximum absolute atomic E-state index is 12.6.